The maximum absolute atomic E-state index is 6.43. The molecule has 0 radical (unpaired) electrons. The second-order valence-electron chi connectivity index (χ2n) is 6.67. The molecule has 1 heterocycles. The second-order valence-corrected chi connectivity index (χ2v) is 7.53. The van der Waals surface area contributed by atoms with E-state index in [2.05, 4.69) is 94.8 Å². The normalized spacial score (nSPS) is 12.0. The van der Waals surface area contributed by atoms with Crippen LogP contribution in [-0.4, -0.2) is 0 Å². The van der Waals surface area contributed by atoms with Crippen molar-refractivity contribution in [3.8, 4) is 0 Å². The van der Waals surface area contributed by atoms with Crippen molar-refractivity contribution in [2.45, 2.75) is 0 Å². The predicted molar refractivity (Wildman–Crippen MR) is 114 cm³/mol. The average Bonchev–Trinajstić information content (AvgIpc) is 3.08. The maximum atomic E-state index is 6.43. The van der Waals surface area contributed by atoms with Crippen molar-refractivity contribution in [2.24, 2.45) is 0 Å². The van der Waals surface area contributed by atoms with E-state index >= 15 is 0 Å². The lowest BCUT2D eigenvalue weighted by molar-refractivity contribution is 0.673. The Morgan fingerprint density at radius 2 is 1.04 bits per heavy atom. The lowest BCUT2D eigenvalue weighted by atomic mass is 9.95. The lowest BCUT2D eigenvalue weighted by Crippen LogP contribution is -1.81. The Morgan fingerprint density at radius 1 is 0.538 bits per heavy atom. The van der Waals surface area contributed by atoms with Gasteiger partial charge in [-0.1, -0.05) is 88.7 Å². The molecule has 0 atom stereocenters. The van der Waals surface area contributed by atoms with Crippen molar-refractivity contribution in [3.63, 3.8) is 0 Å². The van der Waals surface area contributed by atoms with Crippen LogP contribution in [0.5, 0.6) is 0 Å². The zero-order valence-electron chi connectivity index (χ0n) is 13.8. The first-order chi connectivity index (χ1) is 12.8. The molecule has 122 valence electrons. The highest BCUT2D eigenvalue weighted by Crippen LogP contribution is 2.44. The fourth-order valence-corrected chi connectivity index (χ4v) is 4.77. The minimum absolute atomic E-state index is 0.923. The molecule has 1 nitrogen and oxygen atoms in total. The fraction of sp³-hybridized carbons (Fsp3) is 0. The standard InChI is InChI=1S/C24H13BrO/c25-20-13-21-22(18-11-5-3-9-16(18)20)23-17-10-4-1-7-14(17)15-8-2-6-12-19(15)24(23)26-21/h1-13H. The first-order valence-corrected chi connectivity index (χ1v) is 9.45. The maximum Gasteiger partial charge on any atom is 0.143 e. The molecule has 0 unspecified atom stereocenters. The molecule has 0 saturated heterocycles. The molecule has 0 spiro atoms. The number of fused-ring (bicyclic) bond motifs is 10. The third-order valence-corrected chi connectivity index (χ3v) is 5.96. The van der Waals surface area contributed by atoms with Gasteiger partial charge in [-0.3, -0.25) is 0 Å². The second kappa shape index (κ2) is 5.09. The van der Waals surface area contributed by atoms with Gasteiger partial charge in [0.25, 0.3) is 0 Å². The van der Waals surface area contributed by atoms with Crippen LogP contribution < -0.4 is 0 Å². The van der Waals surface area contributed by atoms with Crippen LogP contribution in [-0.2, 0) is 0 Å². The highest BCUT2D eigenvalue weighted by molar-refractivity contribution is 9.10. The summed E-state index contributed by atoms with van der Waals surface area (Å²) < 4.78 is 7.50. The number of rotatable bonds is 0. The molecule has 0 aliphatic rings. The molecule has 2 heteroatoms. The number of hydrogen-bond donors (Lipinski definition) is 0. The summed E-state index contributed by atoms with van der Waals surface area (Å²) in [5, 5.41) is 9.74. The molecule has 0 saturated carbocycles. The van der Waals surface area contributed by atoms with Crippen molar-refractivity contribution in [3.05, 3.63) is 83.3 Å². The van der Waals surface area contributed by atoms with Crippen molar-refractivity contribution >= 4 is 70.2 Å². The van der Waals surface area contributed by atoms with Crippen molar-refractivity contribution in [2.75, 3.05) is 0 Å². The van der Waals surface area contributed by atoms with Crippen LogP contribution in [0.3, 0.4) is 0 Å². The largest absolute Gasteiger partial charge is 0.455 e. The Kier molecular flexibility index (Phi) is 2.81. The highest BCUT2D eigenvalue weighted by atomic mass is 79.9. The van der Waals surface area contributed by atoms with Crippen molar-refractivity contribution in [1.82, 2.24) is 0 Å². The van der Waals surface area contributed by atoms with Crippen LogP contribution in [0, 0.1) is 0 Å². The Morgan fingerprint density at radius 3 is 1.73 bits per heavy atom. The van der Waals surface area contributed by atoms with Gasteiger partial charge in [-0.25, -0.2) is 0 Å². The van der Waals surface area contributed by atoms with E-state index in [1.165, 1.54) is 37.7 Å². The third kappa shape index (κ3) is 1.75. The van der Waals surface area contributed by atoms with Gasteiger partial charge in [0, 0.05) is 20.6 Å². The van der Waals surface area contributed by atoms with Crippen LogP contribution in [0.4, 0.5) is 0 Å². The van der Waals surface area contributed by atoms with E-state index < -0.39 is 0 Å². The summed E-state index contributed by atoms with van der Waals surface area (Å²) in [5.74, 6) is 0. The van der Waals surface area contributed by atoms with Gasteiger partial charge in [0.2, 0.25) is 0 Å². The van der Waals surface area contributed by atoms with E-state index in [0.29, 0.717) is 0 Å². The van der Waals surface area contributed by atoms with E-state index in [9.17, 15) is 0 Å². The SMILES string of the molecule is Brc1cc2oc3c4ccccc4c4ccccc4c3c2c2ccccc12. The molecule has 6 aromatic rings. The van der Waals surface area contributed by atoms with Gasteiger partial charge in [-0.2, -0.15) is 0 Å². The fourth-order valence-electron chi connectivity index (χ4n) is 4.22. The van der Waals surface area contributed by atoms with Gasteiger partial charge in [-0.05, 0) is 33.0 Å². The molecule has 0 bridgehead atoms. The van der Waals surface area contributed by atoms with E-state index in [1.807, 2.05) is 0 Å². The highest BCUT2D eigenvalue weighted by Gasteiger charge is 2.18. The molecule has 0 amide bonds. The minimum atomic E-state index is 0.923. The molecular formula is C24H13BrO. The van der Waals surface area contributed by atoms with Crippen molar-refractivity contribution < 1.29 is 4.42 Å². The summed E-state index contributed by atoms with van der Waals surface area (Å²) in [6.45, 7) is 0. The van der Waals surface area contributed by atoms with Gasteiger partial charge in [-0.15, -0.1) is 0 Å². The van der Waals surface area contributed by atoms with Gasteiger partial charge in [0.15, 0.2) is 0 Å². The van der Waals surface area contributed by atoms with Crippen LogP contribution in [0.2, 0.25) is 0 Å². The number of hydrogen-bond acceptors (Lipinski definition) is 1. The predicted octanol–water partition coefficient (Wildman–Crippen LogP) is 7.81. The van der Waals surface area contributed by atoms with Crippen LogP contribution in [0.25, 0.3) is 54.3 Å². The molecule has 6 rings (SSSR count). The third-order valence-electron chi connectivity index (χ3n) is 5.31. The summed E-state index contributed by atoms with van der Waals surface area (Å²) in [6, 6.07) is 27.7. The lowest BCUT2D eigenvalue weighted by Gasteiger charge is -2.07. The van der Waals surface area contributed by atoms with E-state index in [0.717, 1.165) is 21.0 Å². The minimum Gasteiger partial charge on any atom is -0.455 e. The summed E-state index contributed by atoms with van der Waals surface area (Å²) >= 11 is 3.71. The zero-order chi connectivity index (χ0) is 17.3. The van der Waals surface area contributed by atoms with Gasteiger partial charge in [0.1, 0.15) is 11.2 Å². The Hall–Kier alpha value is -2.84. The van der Waals surface area contributed by atoms with Gasteiger partial charge < -0.3 is 4.42 Å². The summed E-state index contributed by atoms with van der Waals surface area (Å²) in [5.41, 5.74) is 1.89. The average molecular weight is 397 g/mol. The molecule has 26 heavy (non-hydrogen) atoms. The Balaban J connectivity index is 2.05. The molecule has 0 fully saturated rings. The topological polar surface area (TPSA) is 13.1 Å². The summed E-state index contributed by atoms with van der Waals surface area (Å²) in [7, 11) is 0. The Labute approximate surface area is 158 Å². The summed E-state index contributed by atoms with van der Waals surface area (Å²) in [4.78, 5) is 0. The Bertz CT molecular complexity index is 1490. The van der Waals surface area contributed by atoms with Crippen LogP contribution in [0.15, 0.2) is 87.8 Å². The monoisotopic (exact) mass is 396 g/mol. The van der Waals surface area contributed by atoms with Crippen LogP contribution >= 0.6 is 15.9 Å². The molecular weight excluding hydrogens is 384 g/mol. The van der Waals surface area contributed by atoms with Gasteiger partial charge in [0.05, 0.1) is 0 Å². The van der Waals surface area contributed by atoms with Crippen molar-refractivity contribution in [1.29, 1.82) is 0 Å². The number of benzene rings is 5. The van der Waals surface area contributed by atoms with Crippen LogP contribution in [0.1, 0.15) is 0 Å². The summed E-state index contributed by atoms with van der Waals surface area (Å²) in [6.07, 6.45) is 0. The first-order valence-electron chi connectivity index (χ1n) is 8.66. The number of halogens is 1. The molecule has 0 aliphatic carbocycles. The molecule has 5 aromatic carbocycles. The molecule has 0 N–H and O–H groups in total. The van der Waals surface area contributed by atoms with E-state index in [1.54, 1.807) is 0 Å². The number of furan rings is 1. The van der Waals surface area contributed by atoms with E-state index in [4.69, 9.17) is 4.42 Å². The molecule has 1 aromatic heterocycles. The van der Waals surface area contributed by atoms with E-state index in [-0.39, 0.29) is 0 Å². The smallest absolute Gasteiger partial charge is 0.143 e. The first kappa shape index (κ1) is 14.3. The zero-order valence-corrected chi connectivity index (χ0v) is 15.4. The molecule has 0 aliphatic heterocycles. The van der Waals surface area contributed by atoms with Gasteiger partial charge >= 0.3 is 0 Å². The quantitative estimate of drug-likeness (QED) is 0.238.